The summed E-state index contributed by atoms with van der Waals surface area (Å²) in [5.74, 6) is 0.259. The van der Waals surface area contributed by atoms with Crippen molar-refractivity contribution in [1.29, 1.82) is 0 Å². The molecule has 1 amide bonds. The Morgan fingerprint density at radius 1 is 0.971 bits per heavy atom. The first-order chi connectivity index (χ1) is 16.3. The van der Waals surface area contributed by atoms with Crippen molar-refractivity contribution >= 4 is 22.8 Å². The molecule has 0 unspecified atom stereocenters. The zero-order chi connectivity index (χ0) is 24.4. The van der Waals surface area contributed by atoms with E-state index in [2.05, 4.69) is 15.3 Å². The van der Waals surface area contributed by atoms with E-state index in [9.17, 15) is 14.4 Å². The number of anilines is 1. The van der Waals surface area contributed by atoms with Gasteiger partial charge in [0.1, 0.15) is 12.3 Å². The lowest BCUT2D eigenvalue weighted by atomic mass is 10.1. The van der Waals surface area contributed by atoms with Crippen molar-refractivity contribution < 1.29 is 9.53 Å². The zero-order valence-corrected chi connectivity index (χ0v) is 19.5. The van der Waals surface area contributed by atoms with E-state index in [1.807, 2.05) is 32.9 Å². The molecule has 0 aliphatic heterocycles. The van der Waals surface area contributed by atoms with Gasteiger partial charge in [-0.3, -0.25) is 18.7 Å². The van der Waals surface area contributed by atoms with Crippen molar-refractivity contribution in [2.45, 2.75) is 33.9 Å². The van der Waals surface area contributed by atoms with Crippen LogP contribution in [0, 0.1) is 20.8 Å². The summed E-state index contributed by atoms with van der Waals surface area (Å²) < 4.78 is 7.41. The lowest BCUT2D eigenvalue weighted by molar-refractivity contribution is -0.116. The number of benzene rings is 2. The quantitative estimate of drug-likeness (QED) is 0.475. The molecule has 0 saturated carbocycles. The number of rotatable bonds is 6. The highest BCUT2D eigenvalue weighted by Gasteiger charge is 2.18. The smallest absolute Gasteiger partial charge is 0.333 e. The molecule has 9 heteroatoms. The second-order valence-corrected chi connectivity index (χ2v) is 8.16. The van der Waals surface area contributed by atoms with Crippen molar-refractivity contribution in [2.75, 3.05) is 12.4 Å². The Labute approximate surface area is 195 Å². The van der Waals surface area contributed by atoms with Gasteiger partial charge in [0.25, 0.3) is 5.56 Å². The van der Waals surface area contributed by atoms with Gasteiger partial charge in [-0.1, -0.05) is 29.8 Å². The van der Waals surface area contributed by atoms with Crippen molar-refractivity contribution in [2.24, 2.45) is 0 Å². The molecule has 9 nitrogen and oxygen atoms in total. The van der Waals surface area contributed by atoms with Gasteiger partial charge in [-0.2, -0.15) is 0 Å². The number of fused-ring (bicyclic) bond motifs is 1. The second-order valence-electron chi connectivity index (χ2n) is 8.16. The van der Waals surface area contributed by atoms with Crippen LogP contribution in [0.2, 0.25) is 0 Å². The third kappa shape index (κ3) is 4.45. The molecule has 0 fully saturated rings. The molecule has 0 aliphatic rings. The van der Waals surface area contributed by atoms with Gasteiger partial charge in [0.15, 0.2) is 11.2 Å². The summed E-state index contributed by atoms with van der Waals surface area (Å²) in [4.78, 5) is 47.7. The SMILES string of the molecule is COc1ccc(Cn2c(=O)c3nccnc3n(CC(=O)Nc3c(C)cc(C)cc3C)c2=O)cc1. The highest BCUT2D eigenvalue weighted by atomic mass is 16.5. The Morgan fingerprint density at radius 2 is 1.62 bits per heavy atom. The van der Waals surface area contributed by atoms with E-state index < -0.39 is 17.2 Å². The molecular weight excluding hydrogens is 434 g/mol. The summed E-state index contributed by atoms with van der Waals surface area (Å²) in [5, 5.41) is 2.89. The third-order valence-electron chi connectivity index (χ3n) is 5.59. The summed E-state index contributed by atoms with van der Waals surface area (Å²) in [6, 6.07) is 11.0. The Bertz CT molecular complexity index is 1480. The van der Waals surface area contributed by atoms with Crippen LogP contribution in [0.5, 0.6) is 5.75 Å². The normalized spacial score (nSPS) is 10.9. The van der Waals surface area contributed by atoms with Crippen molar-refractivity contribution in [3.8, 4) is 5.75 Å². The van der Waals surface area contributed by atoms with Crippen LogP contribution in [0.4, 0.5) is 5.69 Å². The predicted molar refractivity (Wildman–Crippen MR) is 129 cm³/mol. The Balaban J connectivity index is 1.74. The first-order valence-corrected chi connectivity index (χ1v) is 10.7. The topological polar surface area (TPSA) is 108 Å². The van der Waals surface area contributed by atoms with Gasteiger partial charge in [0.2, 0.25) is 5.91 Å². The molecule has 4 rings (SSSR count). The minimum Gasteiger partial charge on any atom is -0.497 e. The fraction of sp³-hybridized carbons (Fsp3) is 0.240. The third-order valence-corrected chi connectivity index (χ3v) is 5.59. The fourth-order valence-corrected chi connectivity index (χ4v) is 4.03. The lowest BCUT2D eigenvalue weighted by Gasteiger charge is -2.15. The van der Waals surface area contributed by atoms with Crippen molar-refractivity contribution in [1.82, 2.24) is 19.1 Å². The number of carbonyl (C=O) groups is 1. The molecule has 2 aromatic heterocycles. The first-order valence-electron chi connectivity index (χ1n) is 10.7. The highest BCUT2D eigenvalue weighted by molar-refractivity contribution is 5.92. The number of nitrogens with zero attached hydrogens (tertiary/aromatic N) is 4. The number of hydrogen-bond donors (Lipinski definition) is 1. The summed E-state index contributed by atoms with van der Waals surface area (Å²) in [7, 11) is 1.56. The van der Waals surface area contributed by atoms with E-state index in [1.54, 1.807) is 31.4 Å². The molecule has 1 N–H and O–H groups in total. The van der Waals surface area contributed by atoms with E-state index in [4.69, 9.17) is 4.74 Å². The number of aromatic nitrogens is 4. The maximum absolute atomic E-state index is 13.4. The summed E-state index contributed by atoms with van der Waals surface area (Å²) in [6.07, 6.45) is 2.77. The van der Waals surface area contributed by atoms with Gasteiger partial charge in [0.05, 0.1) is 13.7 Å². The van der Waals surface area contributed by atoms with Gasteiger partial charge >= 0.3 is 5.69 Å². The summed E-state index contributed by atoms with van der Waals surface area (Å²) in [5.41, 5.74) is 3.25. The van der Waals surface area contributed by atoms with E-state index in [0.717, 1.165) is 26.8 Å². The molecule has 2 heterocycles. The number of nitrogens with one attached hydrogen (secondary N) is 1. The molecule has 0 spiro atoms. The molecule has 0 radical (unpaired) electrons. The van der Waals surface area contributed by atoms with Crippen LogP contribution in [0.1, 0.15) is 22.3 Å². The van der Waals surface area contributed by atoms with Gasteiger partial charge in [-0.05, 0) is 49.6 Å². The maximum Gasteiger partial charge on any atom is 0.333 e. The molecule has 0 aliphatic carbocycles. The van der Waals surface area contributed by atoms with E-state index in [0.29, 0.717) is 11.4 Å². The van der Waals surface area contributed by atoms with E-state index in [1.165, 1.54) is 17.0 Å². The average molecular weight is 460 g/mol. The Hall–Kier alpha value is -4.27. The van der Waals surface area contributed by atoms with Crippen LogP contribution < -0.4 is 21.3 Å². The minimum atomic E-state index is -0.638. The molecule has 34 heavy (non-hydrogen) atoms. The van der Waals surface area contributed by atoms with Crippen molar-refractivity contribution in [3.63, 3.8) is 0 Å². The standard InChI is InChI=1S/C25H25N5O4/c1-15-11-16(2)21(17(3)12-15)28-20(31)14-29-23-22(26-9-10-27-23)24(32)30(25(29)33)13-18-5-7-19(34-4)8-6-18/h5-12H,13-14H2,1-4H3,(H,28,31). The van der Waals surface area contributed by atoms with E-state index >= 15 is 0 Å². The Kier molecular flexibility index (Phi) is 6.27. The van der Waals surface area contributed by atoms with Crippen LogP contribution in [0.25, 0.3) is 11.2 Å². The average Bonchev–Trinajstić information content (AvgIpc) is 2.82. The van der Waals surface area contributed by atoms with Crippen LogP contribution >= 0.6 is 0 Å². The molecule has 0 bridgehead atoms. The van der Waals surface area contributed by atoms with Crippen LogP contribution in [-0.4, -0.2) is 32.1 Å². The van der Waals surface area contributed by atoms with Crippen LogP contribution in [0.3, 0.4) is 0 Å². The van der Waals surface area contributed by atoms with Crippen LogP contribution in [-0.2, 0) is 17.9 Å². The number of ether oxygens (including phenoxy) is 1. The van der Waals surface area contributed by atoms with Gasteiger partial charge in [0, 0.05) is 18.1 Å². The minimum absolute atomic E-state index is 0.0195. The van der Waals surface area contributed by atoms with Crippen LogP contribution in [0.15, 0.2) is 58.4 Å². The number of carbonyl (C=O) groups excluding carboxylic acids is 1. The number of methoxy groups -OCH3 is 1. The maximum atomic E-state index is 13.4. The largest absolute Gasteiger partial charge is 0.497 e. The van der Waals surface area contributed by atoms with Gasteiger partial charge in [-0.25, -0.2) is 14.8 Å². The lowest BCUT2D eigenvalue weighted by Crippen LogP contribution is -2.42. The molecule has 4 aromatic rings. The zero-order valence-electron chi connectivity index (χ0n) is 19.5. The predicted octanol–water partition coefficient (Wildman–Crippen LogP) is 2.57. The van der Waals surface area contributed by atoms with Crippen molar-refractivity contribution in [3.05, 3.63) is 91.9 Å². The van der Waals surface area contributed by atoms with Gasteiger partial charge < -0.3 is 10.1 Å². The number of aryl methyl sites for hydroxylation is 3. The molecule has 0 atom stereocenters. The van der Waals surface area contributed by atoms with E-state index in [-0.39, 0.29) is 24.3 Å². The molecule has 2 aromatic carbocycles. The highest BCUT2D eigenvalue weighted by Crippen LogP contribution is 2.22. The number of hydrogen-bond acceptors (Lipinski definition) is 6. The molecule has 174 valence electrons. The molecule has 0 saturated heterocycles. The molecular formula is C25H25N5O4. The first kappa shape index (κ1) is 22.9. The second kappa shape index (κ2) is 9.30. The van der Waals surface area contributed by atoms with Gasteiger partial charge in [-0.15, -0.1) is 0 Å². The fourth-order valence-electron chi connectivity index (χ4n) is 4.03. The monoisotopic (exact) mass is 459 g/mol. The number of amides is 1. The Morgan fingerprint density at radius 3 is 2.26 bits per heavy atom. The summed E-state index contributed by atoms with van der Waals surface area (Å²) >= 11 is 0. The summed E-state index contributed by atoms with van der Waals surface area (Å²) in [6.45, 7) is 5.52.